The molecule has 0 atom stereocenters. The molecule has 1 fully saturated rings. The van der Waals surface area contributed by atoms with Crippen molar-refractivity contribution in [2.45, 2.75) is 6.92 Å². The number of methoxy groups -OCH3 is 2. The number of carbonyl (C=O) groups excluding carboxylic acids is 2. The van der Waals surface area contributed by atoms with Gasteiger partial charge in [-0.1, -0.05) is 11.6 Å². The number of likely N-dealkylation sites (N-methyl/N-ethyl adjacent to an activating group) is 1. The van der Waals surface area contributed by atoms with E-state index in [2.05, 4.69) is 0 Å². The van der Waals surface area contributed by atoms with Gasteiger partial charge in [0.25, 0.3) is 11.8 Å². The molecule has 0 unspecified atom stereocenters. The predicted molar refractivity (Wildman–Crippen MR) is 116 cm³/mol. The fourth-order valence-corrected chi connectivity index (χ4v) is 3.51. The fraction of sp³-hybridized carbons (Fsp3) is 0.190. The summed E-state index contributed by atoms with van der Waals surface area (Å²) in [6, 6.07) is 11.8. The fourth-order valence-electron chi connectivity index (χ4n) is 2.98. The molecule has 29 heavy (non-hydrogen) atoms. The molecule has 0 aromatic heterocycles. The Kier molecular flexibility index (Phi) is 6.20. The Labute approximate surface area is 179 Å². The van der Waals surface area contributed by atoms with Crippen LogP contribution >= 0.6 is 23.8 Å². The number of thiocarbonyl (C=S) groups is 1. The van der Waals surface area contributed by atoms with Crippen molar-refractivity contribution in [2.75, 3.05) is 25.7 Å². The van der Waals surface area contributed by atoms with Gasteiger partial charge >= 0.3 is 0 Å². The molecule has 0 N–H and O–H groups in total. The van der Waals surface area contributed by atoms with Crippen LogP contribution in [0.2, 0.25) is 5.02 Å². The third kappa shape index (κ3) is 3.97. The summed E-state index contributed by atoms with van der Waals surface area (Å²) in [6.07, 6.45) is 1.50. The van der Waals surface area contributed by atoms with Crippen LogP contribution in [0.3, 0.4) is 0 Å². The zero-order valence-electron chi connectivity index (χ0n) is 16.1. The molecule has 0 aliphatic carbocycles. The summed E-state index contributed by atoms with van der Waals surface area (Å²) >= 11 is 11.4. The molecule has 1 aliphatic rings. The number of halogens is 1. The second kappa shape index (κ2) is 8.63. The van der Waals surface area contributed by atoms with E-state index in [0.717, 1.165) is 0 Å². The number of amides is 2. The average molecular weight is 431 g/mol. The molecule has 150 valence electrons. The third-order valence-corrected chi connectivity index (χ3v) is 5.12. The zero-order chi connectivity index (χ0) is 21.1. The molecule has 6 nitrogen and oxygen atoms in total. The normalized spacial score (nSPS) is 15.9. The molecule has 0 radical (unpaired) electrons. The van der Waals surface area contributed by atoms with Crippen molar-refractivity contribution >= 4 is 52.5 Å². The van der Waals surface area contributed by atoms with E-state index >= 15 is 0 Å². The van der Waals surface area contributed by atoms with Crippen molar-refractivity contribution in [2.24, 2.45) is 0 Å². The molecular formula is C21H19ClN2O4S. The highest BCUT2D eigenvalue weighted by atomic mass is 35.5. The topological polar surface area (TPSA) is 59.1 Å². The molecule has 8 heteroatoms. The Hall–Kier alpha value is -2.90. The largest absolute Gasteiger partial charge is 0.497 e. The molecule has 1 aliphatic heterocycles. The minimum atomic E-state index is -0.517. The Bertz CT molecular complexity index is 1000. The van der Waals surface area contributed by atoms with Crippen molar-refractivity contribution in [3.8, 4) is 11.5 Å². The standard InChI is InChI=1S/C21H19ClN2O4S/c1-4-23-19(25)17(12-13-11-16(27-2)9-10-18(13)28-3)20(26)24(21(23)29)15-7-5-14(22)6-8-15/h5-12H,4H2,1-3H3/b17-12-. The maximum Gasteiger partial charge on any atom is 0.270 e. The third-order valence-electron chi connectivity index (χ3n) is 4.47. The molecule has 2 aromatic carbocycles. The van der Waals surface area contributed by atoms with Gasteiger partial charge in [0.15, 0.2) is 5.11 Å². The van der Waals surface area contributed by atoms with Crippen molar-refractivity contribution < 1.29 is 19.1 Å². The second-order valence-corrected chi connectivity index (χ2v) is 6.92. The Balaban J connectivity index is 2.13. The van der Waals surface area contributed by atoms with Crippen molar-refractivity contribution in [1.82, 2.24) is 4.90 Å². The Morgan fingerprint density at radius 2 is 1.72 bits per heavy atom. The molecule has 2 aromatic rings. The molecule has 1 saturated heterocycles. The van der Waals surface area contributed by atoms with Crippen LogP contribution in [0.25, 0.3) is 6.08 Å². The van der Waals surface area contributed by atoms with Gasteiger partial charge in [-0.25, -0.2) is 0 Å². The number of nitrogens with zero attached hydrogens (tertiary/aromatic N) is 2. The minimum Gasteiger partial charge on any atom is -0.497 e. The van der Waals surface area contributed by atoms with Gasteiger partial charge in [-0.2, -0.15) is 0 Å². The number of ether oxygens (including phenoxy) is 2. The summed E-state index contributed by atoms with van der Waals surface area (Å²) in [5.41, 5.74) is 1.05. The van der Waals surface area contributed by atoms with Gasteiger partial charge in [-0.15, -0.1) is 0 Å². The van der Waals surface area contributed by atoms with E-state index < -0.39 is 11.8 Å². The first kappa shape index (κ1) is 20.8. The van der Waals surface area contributed by atoms with Gasteiger partial charge in [0.1, 0.15) is 17.1 Å². The lowest BCUT2D eigenvalue weighted by molar-refractivity contribution is -0.127. The second-order valence-electron chi connectivity index (χ2n) is 6.11. The van der Waals surface area contributed by atoms with Crippen LogP contribution in [0.4, 0.5) is 5.69 Å². The summed E-state index contributed by atoms with van der Waals surface area (Å²) in [6.45, 7) is 2.12. The van der Waals surface area contributed by atoms with E-state index in [1.807, 2.05) is 0 Å². The van der Waals surface area contributed by atoms with E-state index in [-0.39, 0.29) is 10.7 Å². The summed E-state index contributed by atoms with van der Waals surface area (Å²) in [5, 5.41) is 0.656. The van der Waals surface area contributed by atoms with Crippen LogP contribution in [0.15, 0.2) is 48.0 Å². The first-order chi connectivity index (χ1) is 13.9. The number of hydrogen-bond acceptors (Lipinski definition) is 5. The average Bonchev–Trinajstić information content (AvgIpc) is 2.72. The van der Waals surface area contributed by atoms with Crippen molar-refractivity contribution in [3.63, 3.8) is 0 Å². The van der Waals surface area contributed by atoms with Crippen LogP contribution in [-0.4, -0.2) is 42.6 Å². The summed E-state index contributed by atoms with van der Waals surface area (Å²) < 4.78 is 10.6. The number of hydrogen-bond donors (Lipinski definition) is 0. The number of rotatable bonds is 5. The lowest BCUT2D eigenvalue weighted by atomic mass is 10.0. The van der Waals surface area contributed by atoms with Crippen molar-refractivity contribution in [3.05, 3.63) is 58.6 Å². The maximum atomic E-state index is 13.3. The zero-order valence-corrected chi connectivity index (χ0v) is 17.7. The number of carbonyl (C=O) groups is 2. The highest BCUT2D eigenvalue weighted by Gasteiger charge is 2.39. The maximum absolute atomic E-state index is 13.3. The summed E-state index contributed by atoms with van der Waals surface area (Å²) in [7, 11) is 3.05. The molecule has 0 bridgehead atoms. The number of anilines is 1. The van der Waals surface area contributed by atoms with Gasteiger partial charge in [-0.05, 0) is 67.7 Å². The highest BCUT2D eigenvalue weighted by Crippen LogP contribution is 2.30. The lowest BCUT2D eigenvalue weighted by Gasteiger charge is -2.36. The first-order valence-electron chi connectivity index (χ1n) is 8.80. The Morgan fingerprint density at radius 1 is 1.03 bits per heavy atom. The van der Waals surface area contributed by atoms with Crippen molar-refractivity contribution in [1.29, 1.82) is 0 Å². The van der Waals surface area contributed by atoms with Gasteiger partial charge in [0, 0.05) is 17.1 Å². The summed E-state index contributed by atoms with van der Waals surface area (Å²) in [5.74, 6) is 0.105. The van der Waals surface area contributed by atoms with Crippen LogP contribution in [0, 0.1) is 0 Å². The quantitative estimate of drug-likeness (QED) is 0.409. The highest BCUT2D eigenvalue weighted by molar-refractivity contribution is 7.80. The molecular weight excluding hydrogens is 412 g/mol. The predicted octanol–water partition coefficient (Wildman–Crippen LogP) is 3.92. The van der Waals surface area contributed by atoms with E-state index in [0.29, 0.717) is 34.3 Å². The van der Waals surface area contributed by atoms with E-state index in [9.17, 15) is 9.59 Å². The molecule has 0 spiro atoms. The molecule has 1 heterocycles. The van der Waals surface area contributed by atoms with Gasteiger partial charge in [0.2, 0.25) is 0 Å². The van der Waals surface area contributed by atoms with Gasteiger partial charge < -0.3 is 9.47 Å². The smallest absolute Gasteiger partial charge is 0.270 e. The lowest BCUT2D eigenvalue weighted by Crippen LogP contribution is -2.56. The minimum absolute atomic E-state index is 0.0260. The Morgan fingerprint density at radius 3 is 2.31 bits per heavy atom. The SMILES string of the molecule is CCN1C(=O)/C(=C/c2cc(OC)ccc2OC)C(=O)N(c2ccc(Cl)cc2)C1=S. The monoisotopic (exact) mass is 430 g/mol. The van der Waals surface area contributed by atoms with Gasteiger partial charge in [0.05, 0.1) is 19.9 Å². The van der Waals surface area contributed by atoms with Crippen LogP contribution in [-0.2, 0) is 9.59 Å². The van der Waals surface area contributed by atoms with Crippen LogP contribution in [0.1, 0.15) is 12.5 Å². The van der Waals surface area contributed by atoms with Crippen LogP contribution < -0.4 is 14.4 Å². The van der Waals surface area contributed by atoms with E-state index in [1.54, 1.807) is 49.4 Å². The van der Waals surface area contributed by atoms with E-state index in [4.69, 9.17) is 33.3 Å². The molecule has 3 rings (SSSR count). The van der Waals surface area contributed by atoms with E-state index in [1.165, 1.54) is 30.1 Å². The molecule has 0 saturated carbocycles. The van der Waals surface area contributed by atoms with Gasteiger partial charge in [-0.3, -0.25) is 19.4 Å². The molecule has 2 amide bonds. The first-order valence-corrected chi connectivity index (χ1v) is 9.59. The van der Waals surface area contributed by atoms with Crippen LogP contribution in [0.5, 0.6) is 11.5 Å². The number of benzene rings is 2. The summed E-state index contributed by atoms with van der Waals surface area (Å²) in [4.78, 5) is 29.0.